The van der Waals surface area contributed by atoms with Gasteiger partial charge >= 0.3 is 0 Å². The van der Waals surface area contributed by atoms with Crippen LogP contribution in [0.3, 0.4) is 0 Å². The lowest BCUT2D eigenvalue weighted by molar-refractivity contribution is -0.140. The van der Waals surface area contributed by atoms with Crippen LogP contribution < -0.4 is 4.74 Å². The van der Waals surface area contributed by atoms with Crippen molar-refractivity contribution >= 4 is 17.4 Å². The summed E-state index contributed by atoms with van der Waals surface area (Å²) in [5.41, 5.74) is 2.34. The van der Waals surface area contributed by atoms with Gasteiger partial charge in [-0.25, -0.2) is 0 Å². The highest BCUT2D eigenvalue weighted by Crippen LogP contribution is 2.39. The highest BCUT2D eigenvalue weighted by molar-refractivity contribution is 6.46. The van der Waals surface area contributed by atoms with E-state index < -0.39 is 17.7 Å². The lowest BCUT2D eigenvalue weighted by Gasteiger charge is -2.25. The molecule has 2 N–H and O–H groups in total. The minimum absolute atomic E-state index is 0.0450. The molecule has 1 aliphatic heterocycles. The first-order valence-corrected chi connectivity index (χ1v) is 11.2. The fourth-order valence-electron chi connectivity index (χ4n) is 3.88. The summed E-state index contributed by atoms with van der Waals surface area (Å²) >= 11 is 0. The van der Waals surface area contributed by atoms with E-state index in [0.29, 0.717) is 23.8 Å². The van der Waals surface area contributed by atoms with Gasteiger partial charge in [0, 0.05) is 12.1 Å². The van der Waals surface area contributed by atoms with Crippen LogP contribution in [-0.4, -0.2) is 59.8 Å². The maximum atomic E-state index is 13.0. The van der Waals surface area contributed by atoms with Gasteiger partial charge in [-0.3, -0.25) is 9.59 Å². The summed E-state index contributed by atoms with van der Waals surface area (Å²) in [7, 11) is 0. The van der Waals surface area contributed by atoms with Gasteiger partial charge in [0.2, 0.25) is 0 Å². The van der Waals surface area contributed by atoms with Gasteiger partial charge in [0.1, 0.15) is 11.5 Å². The van der Waals surface area contributed by atoms with E-state index in [2.05, 4.69) is 13.8 Å². The standard InChI is InChI=1S/C26H31NO6/c1-4-33-21-11-9-20(10-12-21)24(29)22-23(19-7-5-18(6-8-19)17(2)3)27(26(31)25(22)30)13-15-32-16-14-28/h5-12,17,23,28-29H,4,13-16H2,1-3H3/b24-22+. The van der Waals surface area contributed by atoms with E-state index in [-0.39, 0.29) is 37.7 Å². The Hall–Kier alpha value is -3.16. The Balaban J connectivity index is 2.03. The van der Waals surface area contributed by atoms with E-state index >= 15 is 0 Å². The van der Waals surface area contributed by atoms with Gasteiger partial charge in [0.15, 0.2) is 0 Å². The maximum Gasteiger partial charge on any atom is 0.295 e. The number of likely N-dealkylation sites (tertiary alicyclic amines) is 1. The molecule has 2 aromatic rings. The number of hydrogen-bond donors (Lipinski definition) is 2. The second kappa shape index (κ2) is 11.1. The lowest BCUT2D eigenvalue weighted by Crippen LogP contribution is -2.33. The van der Waals surface area contributed by atoms with E-state index in [1.807, 2.05) is 31.2 Å². The molecule has 1 unspecified atom stereocenters. The molecular weight excluding hydrogens is 422 g/mol. The molecule has 7 heteroatoms. The third-order valence-electron chi connectivity index (χ3n) is 5.61. The fraction of sp³-hybridized carbons (Fsp3) is 0.385. The molecule has 0 aromatic heterocycles. The minimum Gasteiger partial charge on any atom is -0.507 e. The van der Waals surface area contributed by atoms with Crippen molar-refractivity contribution in [2.24, 2.45) is 0 Å². The molecule has 1 fully saturated rings. The average molecular weight is 454 g/mol. The van der Waals surface area contributed by atoms with E-state index in [1.54, 1.807) is 24.3 Å². The minimum atomic E-state index is -0.740. The Labute approximate surface area is 194 Å². The smallest absolute Gasteiger partial charge is 0.295 e. The number of Topliss-reactive ketones (excluding diaryl/α,β-unsaturated/α-hetero) is 1. The molecule has 1 atom stereocenters. The van der Waals surface area contributed by atoms with E-state index in [0.717, 1.165) is 11.1 Å². The molecule has 0 radical (unpaired) electrons. The van der Waals surface area contributed by atoms with Gasteiger partial charge in [-0.15, -0.1) is 0 Å². The number of carbonyl (C=O) groups is 2. The number of benzene rings is 2. The monoisotopic (exact) mass is 453 g/mol. The summed E-state index contributed by atoms with van der Waals surface area (Å²) in [6.07, 6.45) is 0. The number of carbonyl (C=O) groups excluding carboxylic acids is 2. The van der Waals surface area contributed by atoms with Crippen molar-refractivity contribution in [1.29, 1.82) is 0 Å². The van der Waals surface area contributed by atoms with Gasteiger partial charge < -0.3 is 24.6 Å². The first-order valence-electron chi connectivity index (χ1n) is 11.2. The predicted molar refractivity (Wildman–Crippen MR) is 125 cm³/mol. The number of aliphatic hydroxyl groups is 2. The lowest BCUT2D eigenvalue weighted by atomic mass is 9.93. The van der Waals surface area contributed by atoms with Gasteiger partial charge in [-0.2, -0.15) is 0 Å². The molecule has 0 aliphatic carbocycles. The molecular formula is C26H31NO6. The van der Waals surface area contributed by atoms with E-state index in [1.165, 1.54) is 4.90 Å². The Morgan fingerprint density at radius 3 is 2.27 bits per heavy atom. The largest absolute Gasteiger partial charge is 0.507 e. The van der Waals surface area contributed by atoms with Crippen LogP contribution in [0.4, 0.5) is 0 Å². The van der Waals surface area contributed by atoms with Gasteiger partial charge in [0.05, 0.1) is 38.0 Å². The molecule has 0 bridgehead atoms. The van der Waals surface area contributed by atoms with E-state index in [4.69, 9.17) is 14.6 Å². The summed E-state index contributed by atoms with van der Waals surface area (Å²) in [6, 6.07) is 13.7. The highest BCUT2D eigenvalue weighted by atomic mass is 16.5. The second-order valence-electron chi connectivity index (χ2n) is 8.11. The van der Waals surface area contributed by atoms with Crippen LogP contribution in [0.1, 0.15) is 49.4 Å². The topological polar surface area (TPSA) is 96.3 Å². The molecule has 176 valence electrons. The second-order valence-corrected chi connectivity index (χ2v) is 8.11. The van der Waals surface area contributed by atoms with E-state index in [9.17, 15) is 14.7 Å². The summed E-state index contributed by atoms with van der Waals surface area (Å²) in [5.74, 6) is -0.667. The van der Waals surface area contributed by atoms with Gasteiger partial charge in [-0.1, -0.05) is 38.1 Å². The van der Waals surface area contributed by atoms with Crippen molar-refractivity contribution in [2.45, 2.75) is 32.7 Å². The van der Waals surface area contributed by atoms with Gasteiger partial charge in [0.25, 0.3) is 11.7 Å². The SMILES string of the molecule is CCOc1ccc(/C(O)=C2\C(=O)C(=O)N(CCOCCO)C2c2ccc(C(C)C)cc2)cc1. The predicted octanol–water partition coefficient (Wildman–Crippen LogP) is 3.64. The molecule has 1 heterocycles. The first kappa shape index (κ1) is 24.5. The Bertz CT molecular complexity index is 994. The summed E-state index contributed by atoms with van der Waals surface area (Å²) in [5, 5.41) is 20.0. The van der Waals surface area contributed by atoms with Crippen molar-refractivity contribution < 1.29 is 29.3 Å². The normalized spacial score (nSPS) is 17.7. The van der Waals surface area contributed by atoms with Crippen LogP contribution in [0.25, 0.3) is 5.76 Å². The van der Waals surface area contributed by atoms with Crippen LogP contribution in [-0.2, 0) is 14.3 Å². The quantitative estimate of drug-likeness (QED) is 0.247. The molecule has 0 spiro atoms. The zero-order chi connectivity index (χ0) is 24.0. The fourth-order valence-corrected chi connectivity index (χ4v) is 3.88. The summed E-state index contributed by atoms with van der Waals surface area (Å²) < 4.78 is 10.8. The number of aliphatic hydroxyl groups excluding tert-OH is 2. The van der Waals surface area contributed by atoms with Crippen LogP contribution in [0.5, 0.6) is 5.75 Å². The third kappa shape index (κ3) is 5.43. The van der Waals surface area contributed by atoms with Crippen LogP contribution in [0, 0.1) is 0 Å². The van der Waals surface area contributed by atoms with Crippen molar-refractivity contribution in [3.8, 4) is 5.75 Å². The van der Waals surface area contributed by atoms with Crippen molar-refractivity contribution in [2.75, 3.05) is 33.0 Å². The number of ether oxygens (including phenoxy) is 2. The average Bonchev–Trinajstić information content (AvgIpc) is 3.07. The van der Waals surface area contributed by atoms with Gasteiger partial charge in [-0.05, 0) is 48.2 Å². The first-order chi connectivity index (χ1) is 15.9. The van der Waals surface area contributed by atoms with Crippen LogP contribution in [0.2, 0.25) is 0 Å². The number of hydrogen-bond acceptors (Lipinski definition) is 6. The summed E-state index contributed by atoms with van der Waals surface area (Å²) in [6.45, 7) is 6.90. The molecule has 7 nitrogen and oxygen atoms in total. The maximum absolute atomic E-state index is 13.0. The molecule has 1 saturated heterocycles. The van der Waals surface area contributed by atoms with Crippen molar-refractivity contribution in [3.63, 3.8) is 0 Å². The van der Waals surface area contributed by atoms with Crippen molar-refractivity contribution in [1.82, 2.24) is 4.90 Å². The molecule has 1 aliphatic rings. The Morgan fingerprint density at radius 1 is 1.03 bits per heavy atom. The number of ketones is 1. The number of rotatable bonds is 10. The molecule has 33 heavy (non-hydrogen) atoms. The molecule has 0 saturated carbocycles. The zero-order valence-electron chi connectivity index (χ0n) is 19.3. The Morgan fingerprint density at radius 2 is 1.70 bits per heavy atom. The van der Waals surface area contributed by atoms with Crippen LogP contribution in [0.15, 0.2) is 54.1 Å². The molecule has 3 rings (SSSR count). The van der Waals surface area contributed by atoms with Crippen molar-refractivity contribution in [3.05, 3.63) is 70.8 Å². The number of amides is 1. The number of nitrogens with zero attached hydrogens (tertiary/aromatic N) is 1. The highest BCUT2D eigenvalue weighted by Gasteiger charge is 2.45. The summed E-state index contributed by atoms with van der Waals surface area (Å²) in [4.78, 5) is 27.4. The van der Waals surface area contributed by atoms with Crippen LogP contribution >= 0.6 is 0 Å². The third-order valence-corrected chi connectivity index (χ3v) is 5.61. The molecule has 1 amide bonds. The molecule has 2 aromatic carbocycles. The zero-order valence-corrected chi connectivity index (χ0v) is 19.3. The Kier molecular flexibility index (Phi) is 8.25.